The van der Waals surface area contributed by atoms with Gasteiger partial charge in [0.05, 0.1) is 7.11 Å². The molecule has 2 aliphatic heterocycles. The fourth-order valence-electron chi connectivity index (χ4n) is 3.54. The highest BCUT2D eigenvalue weighted by atomic mass is 16.6. The smallest absolute Gasteiger partial charge is 0.411 e. The van der Waals surface area contributed by atoms with Crippen molar-refractivity contribution >= 4 is 30.0 Å². The third-order valence-electron chi connectivity index (χ3n) is 5.72. The number of hydrogen-bond acceptors (Lipinski definition) is 10. The van der Waals surface area contributed by atoms with Gasteiger partial charge in [0.15, 0.2) is 0 Å². The molecule has 1 amide bonds. The van der Waals surface area contributed by atoms with Crippen LogP contribution in [0.4, 0.5) is 4.79 Å². The number of carboxylic acids is 3. The Morgan fingerprint density at radius 3 is 1.95 bits per heavy atom. The minimum Gasteiger partial charge on any atom is -0.480 e. The summed E-state index contributed by atoms with van der Waals surface area (Å²) in [5.41, 5.74) is 10.6. The second kappa shape index (κ2) is 19.4. The van der Waals surface area contributed by atoms with Crippen LogP contribution in [0, 0.1) is 0 Å². The molecule has 3 rings (SSSR count). The van der Waals surface area contributed by atoms with Crippen molar-refractivity contribution in [2.45, 2.75) is 89.6 Å². The van der Waals surface area contributed by atoms with Crippen LogP contribution < -0.4 is 16.8 Å². The number of carboxylic acid groups (broad SMARTS) is 3. The zero-order valence-electron chi connectivity index (χ0n) is 24.9. The van der Waals surface area contributed by atoms with E-state index in [0.717, 1.165) is 31.4 Å². The molecule has 0 radical (unpaired) electrons. The van der Waals surface area contributed by atoms with Gasteiger partial charge in [-0.15, -0.1) is 0 Å². The molecule has 2 heterocycles. The first-order valence-electron chi connectivity index (χ1n) is 13.5. The number of rotatable bonds is 6. The van der Waals surface area contributed by atoms with Crippen LogP contribution in [0.15, 0.2) is 30.3 Å². The van der Waals surface area contributed by atoms with Crippen LogP contribution in [0.3, 0.4) is 0 Å². The average Bonchev–Trinajstić information content (AvgIpc) is 3.62. The second-order valence-corrected chi connectivity index (χ2v) is 10.6. The molecular weight excluding hydrogens is 552 g/mol. The topological polar surface area (TPSA) is 232 Å². The molecule has 238 valence electrons. The van der Waals surface area contributed by atoms with E-state index in [-0.39, 0.29) is 12.0 Å². The molecule has 14 heteroatoms. The van der Waals surface area contributed by atoms with E-state index < -0.39 is 47.7 Å². The number of carbonyl (C=O) groups is 5. The Bertz CT molecular complexity index is 992. The number of methoxy groups -OCH3 is 1. The minimum absolute atomic E-state index is 0.269. The van der Waals surface area contributed by atoms with E-state index in [9.17, 15) is 24.0 Å². The first-order valence-corrected chi connectivity index (χ1v) is 13.5. The highest BCUT2D eigenvalue weighted by Crippen LogP contribution is 2.21. The summed E-state index contributed by atoms with van der Waals surface area (Å²) >= 11 is 0. The van der Waals surface area contributed by atoms with Crippen LogP contribution in [0.25, 0.3) is 0 Å². The summed E-state index contributed by atoms with van der Waals surface area (Å²) in [6.45, 7) is 8.23. The zero-order valence-corrected chi connectivity index (χ0v) is 24.9. The van der Waals surface area contributed by atoms with Crippen molar-refractivity contribution < 1.29 is 48.8 Å². The van der Waals surface area contributed by atoms with Crippen LogP contribution in [-0.2, 0) is 35.1 Å². The molecule has 0 spiro atoms. The molecule has 4 atom stereocenters. The van der Waals surface area contributed by atoms with E-state index in [1.807, 2.05) is 30.3 Å². The maximum Gasteiger partial charge on any atom is 0.411 e. The lowest BCUT2D eigenvalue weighted by atomic mass is 10.1. The normalized spacial score (nSPS) is 18.8. The maximum absolute atomic E-state index is 11.8. The lowest BCUT2D eigenvalue weighted by molar-refractivity contribution is -0.145. The fraction of sp³-hybridized carbons (Fsp3) is 0.607. The maximum atomic E-state index is 11.8. The highest BCUT2D eigenvalue weighted by Gasteiger charge is 2.37. The molecule has 1 aromatic rings. The van der Waals surface area contributed by atoms with Gasteiger partial charge in [0.25, 0.3) is 0 Å². The van der Waals surface area contributed by atoms with Crippen LogP contribution in [0.1, 0.15) is 58.9 Å². The van der Waals surface area contributed by atoms with Crippen molar-refractivity contribution in [1.82, 2.24) is 10.2 Å². The molecule has 0 bridgehead atoms. The summed E-state index contributed by atoms with van der Waals surface area (Å²) in [6, 6.07) is 7.06. The third-order valence-corrected chi connectivity index (χ3v) is 5.72. The lowest BCUT2D eigenvalue weighted by Crippen LogP contribution is -2.43. The van der Waals surface area contributed by atoms with Crippen LogP contribution in [0.5, 0.6) is 0 Å². The largest absolute Gasteiger partial charge is 0.480 e. The van der Waals surface area contributed by atoms with Gasteiger partial charge in [-0.25, -0.2) is 9.59 Å². The Hall–Kier alpha value is -3.75. The number of benzene rings is 1. The van der Waals surface area contributed by atoms with Crippen molar-refractivity contribution in [3.8, 4) is 0 Å². The Kier molecular flexibility index (Phi) is 17.7. The van der Waals surface area contributed by atoms with Crippen LogP contribution in [0.2, 0.25) is 0 Å². The number of amides is 1. The van der Waals surface area contributed by atoms with Gasteiger partial charge in [-0.3, -0.25) is 19.3 Å². The molecule has 2 aliphatic rings. The fourth-order valence-corrected chi connectivity index (χ4v) is 3.54. The number of aliphatic carboxylic acids is 3. The summed E-state index contributed by atoms with van der Waals surface area (Å²) in [4.78, 5) is 54.7. The number of carbonyl (C=O) groups excluding carboxylic acids is 2. The quantitative estimate of drug-likeness (QED) is 0.255. The zero-order chi connectivity index (χ0) is 32.5. The first-order chi connectivity index (χ1) is 19.5. The molecule has 2 saturated heterocycles. The first kappa shape index (κ1) is 38.2. The van der Waals surface area contributed by atoms with Gasteiger partial charge in [0.1, 0.15) is 29.8 Å². The Balaban J connectivity index is 0.000000570. The van der Waals surface area contributed by atoms with Gasteiger partial charge >= 0.3 is 30.0 Å². The number of likely N-dealkylation sites (tertiary alicyclic amines) is 1. The molecule has 8 N–H and O–H groups in total. The molecular formula is C28H46N4O10. The molecule has 0 aromatic heterocycles. The molecule has 0 saturated carbocycles. The molecule has 0 unspecified atom stereocenters. The monoisotopic (exact) mass is 598 g/mol. The van der Waals surface area contributed by atoms with Crippen molar-refractivity contribution in [3.05, 3.63) is 35.9 Å². The number of hydrogen-bond donors (Lipinski definition) is 6. The Morgan fingerprint density at radius 2 is 1.57 bits per heavy atom. The van der Waals surface area contributed by atoms with E-state index in [1.165, 1.54) is 18.9 Å². The summed E-state index contributed by atoms with van der Waals surface area (Å²) in [7, 11) is 1.33. The SMILES string of the molecule is COC(=O)[C@@H]1CCCN1C(=O)OC(C)(C)C.C[C@H](N)C(=O)O.N[C@@H](Cc1ccccc1)C(=O)O.O=C(O)[C@@H]1CCCN1. The highest BCUT2D eigenvalue weighted by molar-refractivity contribution is 5.82. The lowest BCUT2D eigenvalue weighted by Gasteiger charge is -2.27. The standard InChI is InChI=1S/C11H19NO4.C9H11NO2.C5H9NO2.C3H7NO2/c1-11(2,3)16-10(14)12-7-5-6-8(12)9(13)15-4;10-8(9(11)12)6-7-4-2-1-3-5-7;7-5(8)4-2-1-3-6-4;1-2(4)3(5)6/h8H,5-7H2,1-4H3;1-5,8H,6,10H2,(H,11,12);4,6H,1-3H2,(H,7,8);2H,4H2,1H3,(H,5,6)/t2*8-;4-;2-/m0000/s1. The summed E-state index contributed by atoms with van der Waals surface area (Å²) in [5, 5.41) is 27.6. The molecule has 42 heavy (non-hydrogen) atoms. The van der Waals surface area contributed by atoms with Gasteiger partial charge < -0.3 is 41.6 Å². The Morgan fingerprint density at radius 1 is 1.00 bits per heavy atom. The Labute approximate surface area is 246 Å². The van der Waals surface area contributed by atoms with E-state index in [1.54, 1.807) is 20.8 Å². The van der Waals surface area contributed by atoms with E-state index in [2.05, 4.69) is 10.1 Å². The van der Waals surface area contributed by atoms with E-state index in [4.69, 9.17) is 31.5 Å². The number of nitrogens with two attached hydrogens (primary N) is 2. The third kappa shape index (κ3) is 16.5. The molecule has 2 fully saturated rings. The number of esters is 1. The number of nitrogens with one attached hydrogen (secondary N) is 1. The van der Waals surface area contributed by atoms with E-state index in [0.29, 0.717) is 19.4 Å². The average molecular weight is 599 g/mol. The summed E-state index contributed by atoms with van der Waals surface area (Å²) in [6.07, 6.45) is 3.17. The van der Waals surface area contributed by atoms with Crippen LogP contribution in [-0.4, -0.2) is 100 Å². The van der Waals surface area contributed by atoms with Crippen molar-refractivity contribution in [1.29, 1.82) is 0 Å². The molecule has 0 aliphatic carbocycles. The summed E-state index contributed by atoms with van der Waals surface area (Å²) < 4.78 is 9.88. The van der Waals surface area contributed by atoms with Crippen molar-refractivity contribution in [2.75, 3.05) is 20.2 Å². The van der Waals surface area contributed by atoms with Gasteiger partial charge in [-0.2, -0.15) is 0 Å². The van der Waals surface area contributed by atoms with Crippen molar-refractivity contribution in [2.24, 2.45) is 11.5 Å². The number of nitrogens with zero attached hydrogens (tertiary/aromatic N) is 1. The minimum atomic E-state index is -0.963. The predicted octanol–water partition coefficient (Wildman–Crippen LogP) is 1.44. The van der Waals surface area contributed by atoms with E-state index >= 15 is 0 Å². The van der Waals surface area contributed by atoms with Gasteiger partial charge in [-0.05, 0) is 71.9 Å². The van der Waals surface area contributed by atoms with Crippen molar-refractivity contribution in [3.63, 3.8) is 0 Å². The predicted molar refractivity (Wildman–Crippen MR) is 154 cm³/mol. The van der Waals surface area contributed by atoms with Crippen LogP contribution >= 0.6 is 0 Å². The second-order valence-electron chi connectivity index (χ2n) is 10.6. The summed E-state index contributed by atoms with van der Waals surface area (Å²) in [5.74, 6) is -3.01. The number of ether oxygens (including phenoxy) is 2. The molecule has 14 nitrogen and oxygen atoms in total. The van der Waals surface area contributed by atoms with Gasteiger partial charge in [0, 0.05) is 6.54 Å². The van der Waals surface area contributed by atoms with Gasteiger partial charge in [0.2, 0.25) is 0 Å². The van der Waals surface area contributed by atoms with Gasteiger partial charge in [-0.1, -0.05) is 30.3 Å². The molecule has 1 aromatic carbocycles.